The Morgan fingerprint density at radius 1 is 0.514 bits per heavy atom. The highest BCUT2D eigenvalue weighted by Crippen LogP contribution is 2.59. The van der Waals surface area contributed by atoms with Gasteiger partial charge in [0.15, 0.2) is 69.7 Å². The van der Waals surface area contributed by atoms with E-state index in [1.165, 1.54) is 4.90 Å². The minimum atomic E-state index is -1.95. The van der Waals surface area contributed by atoms with Gasteiger partial charge in [-0.05, 0) is 49.7 Å². The third-order valence-electron chi connectivity index (χ3n) is 13.1. The van der Waals surface area contributed by atoms with Crippen LogP contribution in [0.15, 0.2) is 54.6 Å². The zero-order valence-electron chi connectivity index (χ0n) is 38.1. The fourth-order valence-electron chi connectivity index (χ4n) is 9.61. The summed E-state index contributed by atoms with van der Waals surface area (Å²) >= 11 is 0. The van der Waals surface area contributed by atoms with Crippen molar-refractivity contribution in [3.63, 3.8) is 0 Å². The Labute approximate surface area is 414 Å². The Balaban J connectivity index is 1.25. The summed E-state index contributed by atoms with van der Waals surface area (Å²) in [5.41, 5.74) is -4.25. The molecule has 3 aliphatic heterocycles. The molecule has 0 saturated carbocycles. The largest absolute Gasteiger partial charge is 0.508 e. The fourth-order valence-corrected chi connectivity index (χ4v) is 9.61. The second-order valence-electron chi connectivity index (χ2n) is 17.5. The highest BCUT2D eigenvalue weighted by atomic mass is 16.6. The molecule has 3 heterocycles. The molecule has 0 bridgehead atoms. The van der Waals surface area contributed by atoms with Crippen molar-refractivity contribution in [2.24, 2.45) is 0 Å². The van der Waals surface area contributed by atoms with Gasteiger partial charge < -0.3 is 106 Å². The second kappa shape index (κ2) is 18.1. The zero-order valence-corrected chi connectivity index (χ0v) is 38.1. The van der Waals surface area contributed by atoms with Crippen molar-refractivity contribution in [3.8, 4) is 115 Å². The number of phenolic OH excluding ortho intramolecular Hbond substituents is 16. The standard InChI is InChI=1S/C50H43NO23/c1-2-51-23(3-4-36(51)61)39-25(54)15-33-20(40(39)62)14-35(74-50(70)17-7-28(57)42(64)29(58)8-17)48(72-33)22-12-31(60)44(66)46(68)38(22)37-21(11-30(59)43(65)45(37)67)47-34(13-19-24(53)9-18(52)10-32(19)71-47)73-49(69)16-5-26(55)41(63)27(56)6-16/h5-12,15,23,34-35,47-48,52-60,62-68H,2-4,13-14H2,1H3/t23-,34-,35-,47-,48-/m1/s1. The molecule has 74 heavy (non-hydrogen) atoms. The van der Waals surface area contributed by atoms with Gasteiger partial charge in [0.25, 0.3) is 0 Å². The number of ether oxygens (including phenoxy) is 4. The lowest BCUT2D eigenvalue weighted by molar-refractivity contribution is -0.128. The number of nitrogens with zero attached hydrogens (tertiary/aromatic N) is 1. The lowest BCUT2D eigenvalue weighted by atomic mass is 9.83. The van der Waals surface area contributed by atoms with Crippen LogP contribution in [0, 0.1) is 0 Å². The van der Waals surface area contributed by atoms with Crippen molar-refractivity contribution in [3.05, 3.63) is 93.5 Å². The lowest BCUT2D eigenvalue weighted by Gasteiger charge is -2.37. The van der Waals surface area contributed by atoms with E-state index in [4.69, 9.17) is 18.9 Å². The highest BCUT2D eigenvalue weighted by Gasteiger charge is 2.45. The number of esters is 2. The molecule has 0 spiro atoms. The van der Waals surface area contributed by atoms with E-state index in [2.05, 4.69) is 0 Å². The summed E-state index contributed by atoms with van der Waals surface area (Å²) in [6.45, 7) is 1.86. The highest BCUT2D eigenvalue weighted by molar-refractivity contribution is 5.93. The molecule has 24 nitrogen and oxygen atoms in total. The van der Waals surface area contributed by atoms with Crippen LogP contribution in [0.4, 0.5) is 0 Å². The third kappa shape index (κ3) is 8.12. The fraction of sp³-hybridized carbons (Fsp3) is 0.220. The van der Waals surface area contributed by atoms with Crippen LogP contribution in [-0.4, -0.2) is 123 Å². The summed E-state index contributed by atoms with van der Waals surface area (Å²) in [5, 5.41) is 174. The van der Waals surface area contributed by atoms with Crippen molar-refractivity contribution < 1.29 is 115 Å². The number of hydrogen-bond donors (Lipinski definition) is 16. The molecule has 3 aliphatic rings. The van der Waals surface area contributed by atoms with Gasteiger partial charge in [0.05, 0.1) is 22.7 Å². The molecule has 1 amide bonds. The number of fused-ring (bicyclic) bond motifs is 2. The third-order valence-corrected chi connectivity index (χ3v) is 13.1. The van der Waals surface area contributed by atoms with E-state index in [0.29, 0.717) is 0 Å². The number of benzene rings is 6. The monoisotopic (exact) mass is 1030 g/mol. The summed E-state index contributed by atoms with van der Waals surface area (Å²) in [6, 6.07) is 6.54. The average molecular weight is 1030 g/mol. The SMILES string of the molecule is CCN1C(=O)CC[C@@H]1c1c(O)cc2c(c1O)C[C@@H](OC(=O)c1cc(O)c(O)c(O)c1)[C@@H](c1cc(O)c(O)c(O)c1-c1c([C@H]3Oc4cc(O)cc(O)c4C[C@H]3OC(=O)c3cc(O)c(O)c(O)c3)cc(O)c(O)c1O)O2. The quantitative estimate of drug-likeness (QED) is 0.0659. The van der Waals surface area contributed by atoms with E-state index < -0.39 is 181 Å². The van der Waals surface area contributed by atoms with Crippen LogP contribution < -0.4 is 9.47 Å². The molecule has 386 valence electrons. The van der Waals surface area contributed by atoms with Crippen molar-refractivity contribution in [1.82, 2.24) is 4.90 Å². The van der Waals surface area contributed by atoms with Crippen molar-refractivity contribution in [1.29, 1.82) is 0 Å². The minimum absolute atomic E-state index is 0.0674. The summed E-state index contributed by atoms with van der Waals surface area (Å²) in [5.74, 6) is -19.2. The molecule has 16 N–H and O–H groups in total. The van der Waals surface area contributed by atoms with Gasteiger partial charge in [0, 0.05) is 77.4 Å². The van der Waals surface area contributed by atoms with Crippen molar-refractivity contribution in [2.45, 2.75) is 63.1 Å². The van der Waals surface area contributed by atoms with Crippen LogP contribution in [0.25, 0.3) is 11.1 Å². The van der Waals surface area contributed by atoms with E-state index in [-0.39, 0.29) is 53.5 Å². The van der Waals surface area contributed by atoms with E-state index in [0.717, 1.165) is 54.6 Å². The maximum Gasteiger partial charge on any atom is 0.338 e. The predicted molar refractivity (Wildman–Crippen MR) is 246 cm³/mol. The Hall–Kier alpha value is -9.87. The molecular formula is C50H43NO23. The second-order valence-corrected chi connectivity index (χ2v) is 17.5. The summed E-state index contributed by atoms with van der Waals surface area (Å²) in [4.78, 5) is 42.0. The number of rotatable bonds is 9. The molecule has 0 aliphatic carbocycles. The van der Waals surface area contributed by atoms with E-state index in [1.807, 2.05) is 0 Å². The molecule has 0 unspecified atom stereocenters. The molecule has 0 aromatic heterocycles. The van der Waals surface area contributed by atoms with E-state index in [1.54, 1.807) is 6.92 Å². The predicted octanol–water partition coefficient (Wildman–Crippen LogP) is 5.13. The molecule has 9 rings (SSSR count). The maximum absolute atomic E-state index is 14.0. The first-order valence-electron chi connectivity index (χ1n) is 22.2. The average Bonchev–Trinajstić information content (AvgIpc) is 3.72. The van der Waals surface area contributed by atoms with Gasteiger partial charge in [-0.25, -0.2) is 9.59 Å². The first kappa shape index (κ1) is 49.1. The van der Waals surface area contributed by atoms with Crippen LogP contribution in [0.1, 0.15) is 86.5 Å². The molecule has 0 radical (unpaired) electrons. The molecule has 24 heteroatoms. The Morgan fingerprint density at radius 2 is 0.946 bits per heavy atom. The number of hydrogen-bond acceptors (Lipinski definition) is 23. The Morgan fingerprint density at radius 3 is 1.41 bits per heavy atom. The first-order chi connectivity index (χ1) is 35.0. The lowest BCUT2D eigenvalue weighted by Crippen LogP contribution is -2.36. The van der Waals surface area contributed by atoms with Crippen LogP contribution in [0.3, 0.4) is 0 Å². The van der Waals surface area contributed by atoms with Crippen LogP contribution in [-0.2, 0) is 27.1 Å². The minimum Gasteiger partial charge on any atom is -0.508 e. The van der Waals surface area contributed by atoms with E-state index >= 15 is 0 Å². The van der Waals surface area contributed by atoms with Gasteiger partial charge >= 0.3 is 11.9 Å². The Kier molecular flexibility index (Phi) is 12.0. The van der Waals surface area contributed by atoms with Gasteiger partial charge in [-0.1, -0.05) is 0 Å². The number of amides is 1. The van der Waals surface area contributed by atoms with Gasteiger partial charge in [-0.3, -0.25) is 4.79 Å². The van der Waals surface area contributed by atoms with Crippen LogP contribution in [0.5, 0.6) is 103 Å². The number of carbonyl (C=O) groups excluding carboxylic acids is 3. The maximum atomic E-state index is 14.0. The smallest absolute Gasteiger partial charge is 0.338 e. The normalized spacial score (nSPS) is 19.0. The first-order valence-corrected chi connectivity index (χ1v) is 22.2. The summed E-state index contributed by atoms with van der Waals surface area (Å²) in [7, 11) is 0. The van der Waals surface area contributed by atoms with Crippen LogP contribution in [0.2, 0.25) is 0 Å². The van der Waals surface area contributed by atoms with Crippen molar-refractivity contribution >= 4 is 17.8 Å². The summed E-state index contributed by atoms with van der Waals surface area (Å²) in [6.07, 6.45) is -8.34. The van der Waals surface area contributed by atoms with Crippen molar-refractivity contribution in [2.75, 3.05) is 6.54 Å². The number of phenols is 16. The van der Waals surface area contributed by atoms with Gasteiger partial charge in [-0.15, -0.1) is 0 Å². The molecule has 6 aromatic carbocycles. The molecule has 5 atom stereocenters. The summed E-state index contributed by atoms with van der Waals surface area (Å²) < 4.78 is 24.3. The van der Waals surface area contributed by atoms with E-state index in [9.17, 15) is 96.1 Å². The Bertz CT molecular complexity index is 3320. The zero-order chi connectivity index (χ0) is 53.5. The van der Waals surface area contributed by atoms with Gasteiger partial charge in [-0.2, -0.15) is 0 Å². The number of likely N-dealkylation sites (tertiary alicyclic amines) is 1. The molecule has 1 fully saturated rings. The molecular weight excluding hydrogens is 983 g/mol. The molecule has 1 saturated heterocycles. The topological polar surface area (TPSA) is 415 Å². The van der Waals surface area contributed by atoms with Crippen LogP contribution >= 0.6 is 0 Å². The van der Waals surface area contributed by atoms with Gasteiger partial charge in [0.2, 0.25) is 17.4 Å². The van der Waals surface area contributed by atoms with Gasteiger partial charge in [0.1, 0.15) is 46.7 Å². The number of carbonyl (C=O) groups is 3. The number of aromatic hydroxyl groups is 16. The molecule has 6 aromatic rings.